The lowest BCUT2D eigenvalue weighted by Crippen LogP contribution is -2.11. The van der Waals surface area contributed by atoms with E-state index in [1.165, 1.54) is 0 Å². The zero-order chi connectivity index (χ0) is 14.5. The zero-order valence-corrected chi connectivity index (χ0v) is 12.6. The SMILES string of the molecule is COc1cc(C(=N)N)ccc1OCc1ccccc1Br. The molecule has 20 heavy (non-hydrogen) atoms. The molecule has 0 heterocycles. The van der Waals surface area contributed by atoms with Gasteiger partial charge in [-0.1, -0.05) is 34.1 Å². The third-order valence-corrected chi connectivity index (χ3v) is 3.59. The van der Waals surface area contributed by atoms with Gasteiger partial charge in [0.1, 0.15) is 12.4 Å². The summed E-state index contributed by atoms with van der Waals surface area (Å²) in [5.74, 6) is 1.18. The molecule has 0 atom stereocenters. The molecule has 2 aromatic carbocycles. The number of methoxy groups -OCH3 is 1. The van der Waals surface area contributed by atoms with Crippen LogP contribution in [0.1, 0.15) is 11.1 Å². The standard InChI is InChI=1S/C15H15BrN2O2/c1-19-14-8-10(15(17)18)6-7-13(14)20-9-11-4-2-3-5-12(11)16/h2-8H,9H2,1H3,(H3,17,18). The van der Waals surface area contributed by atoms with Gasteiger partial charge in [0, 0.05) is 15.6 Å². The lowest BCUT2D eigenvalue weighted by molar-refractivity contribution is 0.284. The molecule has 0 saturated heterocycles. The van der Waals surface area contributed by atoms with E-state index in [1.807, 2.05) is 24.3 Å². The number of hydrogen-bond donors (Lipinski definition) is 2. The second-order valence-electron chi connectivity index (χ2n) is 4.16. The number of amidine groups is 1. The Morgan fingerprint density at radius 3 is 2.60 bits per heavy atom. The molecule has 0 saturated carbocycles. The van der Waals surface area contributed by atoms with Crippen molar-refractivity contribution < 1.29 is 9.47 Å². The fraction of sp³-hybridized carbons (Fsp3) is 0.133. The van der Waals surface area contributed by atoms with Gasteiger partial charge in [-0.05, 0) is 24.3 Å². The summed E-state index contributed by atoms with van der Waals surface area (Å²) >= 11 is 3.48. The van der Waals surface area contributed by atoms with E-state index < -0.39 is 0 Å². The number of halogens is 1. The summed E-state index contributed by atoms with van der Waals surface area (Å²) < 4.78 is 12.0. The predicted octanol–water partition coefficient (Wildman–Crippen LogP) is 3.32. The predicted molar refractivity (Wildman–Crippen MR) is 82.5 cm³/mol. The second kappa shape index (κ2) is 6.43. The summed E-state index contributed by atoms with van der Waals surface area (Å²) in [6.07, 6.45) is 0. The van der Waals surface area contributed by atoms with Crippen molar-refractivity contribution >= 4 is 21.8 Å². The molecule has 2 rings (SSSR count). The van der Waals surface area contributed by atoms with Crippen LogP contribution in [0.5, 0.6) is 11.5 Å². The molecule has 0 aliphatic carbocycles. The van der Waals surface area contributed by atoms with E-state index in [-0.39, 0.29) is 5.84 Å². The molecule has 0 unspecified atom stereocenters. The van der Waals surface area contributed by atoms with Crippen LogP contribution in [0.15, 0.2) is 46.9 Å². The van der Waals surface area contributed by atoms with Crippen LogP contribution in [0, 0.1) is 5.41 Å². The van der Waals surface area contributed by atoms with Crippen LogP contribution in [0.2, 0.25) is 0 Å². The number of nitrogens with two attached hydrogens (primary N) is 1. The molecule has 0 spiro atoms. The molecule has 0 radical (unpaired) electrons. The number of nitrogen functional groups attached to an aromatic ring is 1. The highest BCUT2D eigenvalue weighted by molar-refractivity contribution is 9.10. The minimum absolute atomic E-state index is 0.000605. The lowest BCUT2D eigenvalue weighted by Gasteiger charge is -2.12. The van der Waals surface area contributed by atoms with E-state index in [0.29, 0.717) is 23.7 Å². The summed E-state index contributed by atoms with van der Waals surface area (Å²) in [7, 11) is 1.56. The summed E-state index contributed by atoms with van der Waals surface area (Å²) in [4.78, 5) is 0. The number of ether oxygens (including phenoxy) is 2. The topological polar surface area (TPSA) is 68.3 Å². The van der Waals surface area contributed by atoms with Gasteiger partial charge in [-0.3, -0.25) is 5.41 Å². The van der Waals surface area contributed by atoms with Crippen molar-refractivity contribution in [3.05, 3.63) is 58.1 Å². The smallest absolute Gasteiger partial charge is 0.161 e. The molecule has 3 N–H and O–H groups in total. The average Bonchev–Trinajstić information content (AvgIpc) is 2.46. The van der Waals surface area contributed by atoms with Gasteiger partial charge >= 0.3 is 0 Å². The van der Waals surface area contributed by atoms with E-state index in [0.717, 1.165) is 10.0 Å². The van der Waals surface area contributed by atoms with Gasteiger partial charge < -0.3 is 15.2 Å². The number of rotatable bonds is 5. The maximum absolute atomic E-state index is 7.42. The summed E-state index contributed by atoms with van der Waals surface area (Å²) in [5, 5.41) is 7.42. The van der Waals surface area contributed by atoms with Crippen LogP contribution >= 0.6 is 15.9 Å². The van der Waals surface area contributed by atoms with Gasteiger partial charge in [-0.2, -0.15) is 0 Å². The summed E-state index contributed by atoms with van der Waals surface area (Å²) in [6, 6.07) is 13.1. The van der Waals surface area contributed by atoms with E-state index in [9.17, 15) is 0 Å². The Balaban J connectivity index is 2.17. The van der Waals surface area contributed by atoms with Crippen LogP contribution in [-0.2, 0) is 6.61 Å². The van der Waals surface area contributed by atoms with Crippen LogP contribution in [0.4, 0.5) is 0 Å². The van der Waals surface area contributed by atoms with Crippen molar-refractivity contribution in [2.75, 3.05) is 7.11 Å². The van der Waals surface area contributed by atoms with Gasteiger partial charge in [0.05, 0.1) is 7.11 Å². The Bertz CT molecular complexity index is 629. The highest BCUT2D eigenvalue weighted by Crippen LogP contribution is 2.29. The van der Waals surface area contributed by atoms with Crippen LogP contribution < -0.4 is 15.2 Å². The third kappa shape index (κ3) is 3.30. The number of benzene rings is 2. The van der Waals surface area contributed by atoms with Gasteiger partial charge in [0.15, 0.2) is 11.5 Å². The van der Waals surface area contributed by atoms with Crippen molar-refractivity contribution in [1.29, 1.82) is 5.41 Å². The molecular weight excluding hydrogens is 320 g/mol. The Morgan fingerprint density at radius 1 is 1.20 bits per heavy atom. The van der Waals surface area contributed by atoms with E-state index >= 15 is 0 Å². The molecule has 0 fully saturated rings. The molecule has 2 aromatic rings. The average molecular weight is 335 g/mol. The van der Waals surface area contributed by atoms with Gasteiger partial charge in [0.25, 0.3) is 0 Å². The first-order chi connectivity index (χ1) is 9.61. The van der Waals surface area contributed by atoms with Crippen molar-refractivity contribution in [3.63, 3.8) is 0 Å². The maximum Gasteiger partial charge on any atom is 0.161 e. The van der Waals surface area contributed by atoms with Crippen LogP contribution in [-0.4, -0.2) is 12.9 Å². The van der Waals surface area contributed by atoms with E-state index in [2.05, 4.69) is 15.9 Å². The molecule has 0 aliphatic heterocycles. The molecule has 104 valence electrons. The first kappa shape index (κ1) is 14.4. The minimum Gasteiger partial charge on any atom is -0.493 e. The maximum atomic E-state index is 7.42. The minimum atomic E-state index is 0.000605. The second-order valence-corrected chi connectivity index (χ2v) is 5.01. The molecule has 0 bridgehead atoms. The van der Waals surface area contributed by atoms with Gasteiger partial charge in [-0.15, -0.1) is 0 Å². The van der Waals surface area contributed by atoms with Crippen LogP contribution in [0.25, 0.3) is 0 Å². The number of nitrogens with one attached hydrogen (secondary N) is 1. The summed E-state index contributed by atoms with van der Waals surface area (Å²) in [6.45, 7) is 0.428. The molecule has 0 aliphatic rings. The van der Waals surface area contributed by atoms with E-state index in [1.54, 1.807) is 25.3 Å². The van der Waals surface area contributed by atoms with E-state index in [4.69, 9.17) is 20.6 Å². The van der Waals surface area contributed by atoms with Crippen molar-refractivity contribution in [3.8, 4) is 11.5 Å². The van der Waals surface area contributed by atoms with Crippen molar-refractivity contribution in [2.45, 2.75) is 6.61 Å². The zero-order valence-electron chi connectivity index (χ0n) is 11.0. The fourth-order valence-electron chi connectivity index (χ4n) is 1.73. The largest absolute Gasteiger partial charge is 0.493 e. The molecule has 4 nitrogen and oxygen atoms in total. The highest BCUT2D eigenvalue weighted by atomic mass is 79.9. The molecule has 0 amide bonds. The van der Waals surface area contributed by atoms with Crippen LogP contribution in [0.3, 0.4) is 0 Å². The first-order valence-corrected chi connectivity index (χ1v) is 6.79. The van der Waals surface area contributed by atoms with Gasteiger partial charge in [0.2, 0.25) is 0 Å². The normalized spacial score (nSPS) is 10.1. The van der Waals surface area contributed by atoms with Crippen molar-refractivity contribution in [1.82, 2.24) is 0 Å². The Labute approximate surface area is 126 Å². The Morgan fingerprint density at radius 2 is 1.95 bits per heavy atom. The summed E-state index contributed by atoms with van der Waals surface area (Å²) in [5.41, 5.74) is 7.11. The Hall–Kier alpha value is -2.01. The molecule has 0 aromatic heterocycles. The monoisotopic (exact) mass is 334 g/mol. The first-order valence-electron chi connectivity index (χ1n) is 6.00. The molecule has 5 heteroatoms. The number of hydrogen-bond acceptors (Lipinski definition) is 3. The highest BCUT2D eigenvalue weighted by Gasteiger charge is 2.08. The third-order valence-electron chi connectivity index (χ3n) is 2.82. The fourth-order valence-corrected chi connectivity index (χ4v) is 2.12. The quantitative estimate of drug-likeness (QED) is 0.651. The van der Waals surface area contributed by atoms with Gasteiger partial charge in [-0.25, -0.2) is 0 Å². The lowest BCUT2D eigenvalue weighted by atomic mass is 10.2. The molecular formula is C15H15BrN2O2. The Kier molecular flexibility index (Phi) is 4.63. The van der Waals surface area contributed by atoms with Crippen molar-refractivity contribution in [2.24, 2.45) is 5.73 Å².